The monoisotopic (exact) mass is 425 g/mol. The van der Waals surface area contributed by atoms with Crippen LogP contribution in [0.5, 0.6) is 0 Å². The van der Waals surface area contributed by atoms with Crippen LogP contribution in [0.15, 0.2) is 53.1 Å². The number of hydrogen-bond donors (Lipinski definition) is 3. The maximum atomic E-state index is 12.9. The van der Waals surface area contributed by atoms with E-state index >= 15 is 0 Å². The number of ether oxygens (including phenoxy) is 1. The highest BCUT2D eigenvalue weighted by molar-refractivity contribution is 7.80. The van der Waals surface area contributed by atoms with Crippen LogP contribution in [0.4, 0.5) is 0 Å². The molecule has 3 N–H and O–H groups in total. The van der Waals surface area contributed by atoms with E-state index in [-0.39, 0.29) is 5.91 Å². The van der Waals surface area contributed by atoms with E-state index in [2.05, 4.69) is 26.1 Å². The van der Waals surface area contributed by atoms with Crippen molar-refractivity contribution in [2.24, 2.45) is 0 Å². The Hall–Kier alpha value is -3.01. The molecule has 156 valence electrons. The van der Waals surface area contributed by atoms with Gasteiger partial charge in [-0.3, -0.25) is 20.5 Å². The fourth-order valence-electron chi connectivity index (χ4n) is 3.29. The van der Waals surface area contributed by atoms with E-state index in [4.69, 9.17) is 21.4 Å². The highest BCUT2D eigenvalue weighted by Crippen LogP contribution is 2.25. The van der Waals surface area contributed by atoms with E-state index in [9.17, 15) is 4.79 Å². The Morgan fingerprint density at radius 1 is 1.13 bits per heavy atom. The topological polar surface area (TPSA) is 91.7 Å². The molecule has 30 heavy (non-hydrogen) atoms. The molecule has 4 rings (SSSR count). The minimum atomic E-state index is -0.307. The zero-order valence-electron chi connectivity index (χ0n) is 16.4. The first kappa shape index (κ1) is 20.3. The van der Waals surface area contributed by atoms with E-state index < -0.39 is 0 Å². The Kier molecular flexibility index (Phi) is 6.53. The Bertz CT molecular complexity index is 1020. The van der Waals surface area contributed by atoms with Crippen molar-refractivity contribution in [3.63, 3.8) is 0 Å². The first-order chi connectivity index (χ1) is 14.7. The van der Waals surface area contributed by atoms with Crippen LogP contribution >= 0.6 is 12.2 Å². The normalized spacial score (nSPS) is 14.4. The molecule has 1 amide bonds. The Balaban J connectivity index is 1.38. The average Bonchev–Trinajstić information content (AvgIpc) is 3.32. The number of morpholine rings is 1. The lowest BCUT2D eigenvalue weighted by Crippen LogP contribution is -2.49. The summed E-state index contributed by atoms with van der Waals surface area (Å²) in [5.41, 5.74) is 7.22. The summed E-state index contributed by atoms with van der Waals surface area (Å²) < 4.78 is 10.8. The third-order valence-corrected chi connectivity index (χ3v) is 5.09. The summed E-state index contributed by atoms with van der Waals surface area (Å²) >= 11 is 5.27. The molecular formula is C21H23N5O3S. The van der Waals surface area contributed by atoms with Gasteiger partial charge in [-0.25, -0.2) is 4.98 Å². The molecule has 1 aromatic carbocycles. The Labute approximate surface area is 179 Å². The lowest BCUT2D eigenvalue weighted by molar-refractivity contribution is 0.0389. The second kappa shape index (κ2) is 9.66. The van der Waals surface area contributed by atoms with E-state index in [1.54, 1.807) is 18.4 Å². The molecule has 0 atom stereocenters. The average molecular weight is 426 g/mol. The van der Waals surface area contributed by atoms with Gasteiger partial charge in [-0.15, -0.1) is 0 Å². The lowest BCUT2D eigenvalue weighted by Gasteiger charge is -2.26. The lowest BCUT2D eigenvalue weighted by atomic mass is 10.1. The smallest absolute Gasteiger partial charge is 0.270 e. The van der Waals surface area contributed by atoms with E-state index in [1.807, 2.05) is 30.3 Å². The first-order valence-electron chi connectivity index (χ1n) is 9.78. The number of para-hydroxylation sites is 1. The summed E-state index contributed by atoms with van der Waals surface area (Å²) in [5, 5.41) is 4.21. The van der Waals surface area contributed by atoms with Gasteiger partial charge in [0.1, 0.15) is 5.69 Å². The maximum absolute atomic E-state index is 12.9. The van der Waals surface area contributed by atoms with Gasteiger partial charge in [0.05, 0.1) is 30.6 Å². The third kappa shape index (κ3) is 4.93. The number of nitrogens with one attached hydrogen (secondary N) is 3. The van der Waals surface area contributed by atoms with Gasteiger partial charge in [0, 0.05) is 31.6 Å². The van der Waals surface area contributed by atoms with Crippen molar-refractivity contribution in [3.05, 3.63) is 54.3 Å². The van der Waals surface area contributed by atoms with Crippen molar-refractivity contribution < 1.29 is 13.9 Å². The molecule has 3 heterocycles. The molecular weight excluding hydrogens is 402 g/mol. The molecule has 1 aliphatic heterocycles. The van der Waals surface area contributed by atoms with Gasteiger partial charge in [0.15, 0.2) is 10.9 Å². The predicted octanol–water partition coefficient (Wildman–Crippen LogP) is 1.94. The number of hydrogen-bond acceptors (Lipinski definition) is 6. The van der Waals surface area contributed by atoms with Crippen LogP contribution in [0, 0.1) is 0 Å². The number of nitrogens with zero attached hydrogens (tertiary/aromatic N) is 2. The summed E-state index contributed by atoms with van der Waals surface area (Å²) in [5.74, 6) is 0.293. The molecule has 0 unspecified atom stereocenters. The molecule has 0 radical (unpaired) electrons. The number of thiocarbonyl (C=S) groups is 1. The largest absolute Gasteiger partial charge is 0.463 e. The third-order valence-electron chi connectivity index (χ3n) is 4.84. The fourth-order valence-corrected chi connectivity index (χ4v) is 3.44. The van der Waals surface area contributed by atoms with Gasteiger partial charge < -0.3 is 14.5 Å². The predicted molar refractivity (Wildman–Crippen MR) is 118 cm³/mol. The Morgan fingerprint density at radius 3 is 2.77 bits per heavy atom. The van der Waals surface area contributed by atoms with Crippen LogP contribution in [0.1, 0.15) is 10.4 Å². The molecule has 1 fully saturated rings. The van der Waals surface area contributed by atoms with Gasteiger partial charge in [-0.1, -0.05) is 18.2 Å². The number of fused-ring (bicyclic) bond motifs is 1. The second-order valence-corrected chi connectivity index (χ2v) is 7.25. The molecule has 8 nitrogen and oxygen atoms in total. The van der Waals surface area contributed by atoms with E-state index in [0.717, 1.165) is 38.2 Å². The summed E-state index contributed by atoms with van der Waals surface area (Å²) in [7, 11) is 0. The van der Waals surface area contributed by atoms with Gasteiger partial charge >= 0.3 is 0 Å². The van der Waals surface area contributed by atoms with Crippen molar-refractivity contribution in [1.29, 1.82) is 0 Å². The van der Waals surface area contributed by atoms with Gasteiger partial charge in [-0.2, -0.15) is 0 Å². The zero-order valence-corrected chi connectivity index (χ0v) is 17.2. The van der Waals surface area contributed by atoms with Crippen molar-refractivity contribution >= 4 is 34.1 Å². The number of furan rings is 1. The van der Waals surface area contributed by atoms with Gasteiger partial charge in [-0.05, 0) is 36.5 Å². The minimum absolute atomic E-state index is 0.307. The molecule has 1 saturated heterocycles. The summed E-state index contributed by atoms with van der Waals surface area (Å²) in [6.45, 7) is 4.91. The number of pyridine rings is 1. The van der Waals surface area contributed by atoms with Crippen molar-refractivity contribution in [2.75, 3.05) is 39.4 Å². The Morgan fingerprint density at radius 2 is 1.97 bits per heavy atom. The number of amides is 1. The fraction of sp³-hybridized carbons (Fsp3) is 0.286. The van der Waals surface area contributed by atoms with Crippen molar-refractivity contribution in [3.8, 4) is 11.5 Å². The molecule has 0 bridgehead atoms. The number of benzene rings is 1. The van der Waals surface area contributed by atoms with Gasteiger partial charge in [0.25, 0.3) is 5.91 Å². The van der Waals surface area contributed by atoms with Gasteiger partial charge in [0.2, 0.25) is 0 Å². The summed E-state index contributed by atoms with van der Waals surface area (Å²) in [6, 6.07) is 12.8. The molecule has 1 aliphatic rings. The second-order valence-electron chi connectivity index (χ2n) is 6.84. The van der Waals surface area contributed by atoms with E-state index in [0.29, 0.717) is 34.2 Å². The van der Waals surface area contributed by atoms with Crippen molar-refractivity contribution in [1.82, 2.24) is 26.1 Å². The molecule has 0 aliphatic carbocycles. The highest BCUT2D eigenvalue weighted by Gasteiger charge is 2.15. The standard InChI is InChI=1S/C21H23N5O3S/c27-20(24-25-21(30)22-7-8-26-9-12-28-13-10-26)16-14-18(19-6-3-11-29-19)23-17-5-2-1-4-15(16)17/h1-6,11,14H,7-10,12-13H2,(H,24,27)(H2,22,25,30). The van der Waals surface area contributed by atoms with Crippen LogP contribution in [-0.2, 0) is 4.74 Å². The number of rotatable bonds is 5. The first-order valence-corrected chi connectivity index (χ1v) is 10.2. The van der Waals surface area contributed by atoms with Crippen LogP contribution in [-0.4, -0.2) is 60.3 Å². The SMILES string of the molecule is O=C(NNC(=S)NCCN1CCOCC1)c1cc(-c2ccco2)nc2ccccc12. The number of carbonyl (C=O) groups is 1. The van der Waals surface area contributed by atoms with Crippen LogP contribution < -0.4 is 16.2 Å². The number of hydrazine groups is 1. The van der Waals surface area contributed by atoms with Crippen molar-refractivity contribution in [2.45, 2.75) is 0 Å². The highest BCUT2D eigenvalue weighted by atomic mass is 32.1. The molecule has 2 aromatic heterocycles. The molecule has 0 saturated carbocycles. The zero-order chi connectivity index (χ0) is 20.8. The van der Waals surface area contributed by atoms with Crippen LogP contribution in [0.3, 0.4) is 0 Å². The van der Waals surface area contributed by atoms with E-state index in [1.165, 1.54) is 0 Å². The molecule has 9 heteroatoms. The number of carbonyl (C=O) groups excluding carboxylic acids is 1. The summed E-state index contributed by atoms with van der Waals surface area (Å²) in [4.78, 5) is 19.8. The van der Waals surface area contributed by atoms with Crippen LogP contribution in [0.2, 0.25) is 0 Å². The number of aromatic nitrogens is 1. The summed E-state index contributed by atoms with van der Waals surface area (Å²) in [6.07, 6.45) is 1.58. The molecule has 0 spiro atoms. The molecule has 3 aromatic rings. The quantitative estimate of drug-likeness (QED) is 0.422. The maximum Gasteiger partial charge on any atom is 0.270 e. The minimum Gasteiger partial charge on any atom is -0.463 e. The van der Waals surface area contributed by atoms with Crippen LogP contribution in [0.25, 0.3) is 22.4 Å².